The van der Waals surface area contributed by atoms with E-state index in [1.54, 1.807) is 0 Å². The Balaban J connectivity index is 1.54. The molecule has 2 aromatic heterocycles. The summed E-state index contributed by atoms with van der Waals surface area (Å²) in [6.45, 7) is 3.89. The Hall–Kier alpha value is -3.25. The number of amides is 1. The van der Waals surface area contributed by atoms with Crippen molar-refractivity contribution in [2.75, 3.05) is 5.32 Å². The third-order valence-corrected chi connectivity index (χ3v) is 7.38. The van der Waals surface area contributed by atoms with Gasteiger partial charge in [0.25, 0.3) is 5.56 Å². The summed E-state index contributed by atoms with van der Waals surface area (Å²) in [5.74, 6) is -0.211. The van der Waals surface area contributed by atoms with E-state index in [1.807, 2.05) is 43.5 Å². The lowest BCUT2D eigenvalue weighted by Gasteiger charge is -2.18. The van der Waals surface area contributed by atoms with Crippen LogP contribution in [0.4, 0.5) is 5.69 Å². The lowest BCUT2D eigenvalue weighted by molar-refractivity contribution is -0.119. The minimum absolute atomic E-state index is 0.166. The number of nitrogens with one attached hydrogen (secondary N) is 1. The van der Waals surface area contributed by atoms with Gasteiger partial charge in [0.05, 0.1) is 11.7 Å². The van der Waals surface area contributed by atoms with Gasteiger partial charge in [-0.2, -0.15) is 0 Å². The lowest BCUT2D eigenvalue weighted by Crippen LogP contribution is -2.33. The molecule has 0 radical (unpaired) electrons. The summed E-state index contributed by atoms with van der Waals surface area (Å²) in [4.78, 5) is 32.0. The molecule has 5 rings (SSSR count). The first-order valence-corrected chi connectivity index (χ1v) is 12.4. The van der Waals surface area contributed by atoms with Crippen LogP contribution in [-0.4, -0.2) is 15.5 Å². The van der Waals surface area contributed by atoms with E-state index < -0.39 is 6.04 Å². The summed E-state index contributed by atoms with van der Waals surface area (Å²) < 4.78 is 1.49. The van der Waals surface area contributed by atoms with Crippen molar-refractivity contribution < 1.29 is 4.79 Å². The van der Waals surface area contributed by atoms with Crippen molar-refractivity contribution in [2.45, 2.75) is 52.0 Å². The maximum Gasteiger partial charge on any atom is 0.263 e. The van der Waals surface area contributed by atoms with Crippen LogP contribution in [0.5, 0.6) is 0 Å². The van der Waals surface area contributed by atoms with Crippen molar-refractivity contribution in [3.8, 4) is 11.1 Å². The van der Waals surface area contributed by atoms with Crippen LogP contribution in [-0.2, 0) is 17.6 Å². The molecular formula is C27H27N3O2S. The van der Waals surface area contributed by atoms with Gasteiger partial charge < -0.3 is 5.32 Å². The van der Waals surface area contributed by atoms with Crippen molar-refractivity contribution in [2.24, 2.45) is 0 Å². The number of carbonyl (C=O) groups is 1. The van der Waals surface area contributed by atoms with Crippen LogP contribution in [0.25, 0.3) is 21.3 Å². The number of benzene rings is 2. The molecule has 2 aromatic carbocycles. The number of hydrogen-bond acceptors (Lipinski definition) is 4. The first-order chi connectivity index (χ1) is 16.0. The zero-order valence-corrected chi connectivity index (χ0v) is 19.7. The van der Waals surface area contributed by atoms with E-state index in [4.69, 9.17) is 0 Å². The zero-order valence-electron chi connectivity index (χ0n) is 18.9. The molecule has 0 saturated heterocycles. The van der Waals surface area contributed by atoms with Crippen molar-refractivity contribution in [1.82, 2.24) is 9.55 Å². The quantitative estimate of drug-likeness (QED) is 0.406. The standard InChI is InChI=1S/C27H27N3O2S/c1-3-23(25(31)29-21-10-6-7-17(2)13-21)30-16-28-26-24(27(30)32)22(15-33-26)20-12-11-18-8-4-5-9-19(18)14-20/h6-7,10-16,23H,3-5,8-9H2,1-2H3,(H,29,31). The maximum atomic E-state index is 13.6. The minimum Gasteiger partial charge on any atom is -0.324 e. The highest BCUT2D eigenvalue weighted by Gasteiger charge is 2.23. The van der Waals surface area contributed by atoms with Crippen molar-refractivity contribution in [3.05, 3.63) is 81.2 Å². The molecule has 4 aromatic rings. The monoisotopic (exact) mass is 457 g/mol. The summed E-state index contributed by atoms with van der Waals surface area (Å²) >= 11 is 1.48. The molecule has 2 heterocycles. The second-order valence-electron chi connectivity index (χ2n) is 8.76. The minimum atomic E-state index is -0.633. The Morgan fingerprint density at radius 2 is 1.97 bits per heavy atom. The Morgan fingerprint density at radius 3 is 2.76 bits per heavy atom. The van der Waals surface area contributed by atoms with E-state index in [1.165, 1.54) is 46.2 Å². The number of aryl methyl sites for hydroxylation is 3. The Labute approximate surface area is 197 Å². The molecule has 0 aliphatic heterocycles. The third kappa shape index (κ3) is 4.11. The lowest BCUT2D eigenvalue weighted by atomic mass is 9.89. The van der Waals surface area contributed by atoms with E-state index >= 15 is 0 Å². The molecule has 1 amide bonds. The molecule has 1 aliphatic carbocycles. The van der Waals surface area contributed by atoms with Gasteiger partial charge in [0.2, 0.25) is 5.91 Å². The van der Waals surface area contributed by atoms with E-state index in [0.29, 0.717) is 16.6 Å². The summed E-state index contributed by atoms with van der Waals surface area (Å²) in [6.07, 6.45) is 6.67. The predicted molar refractivity (Wildman–Crippen MR) is 135 cm³/mol. The molecule has 5 nitrogen and oxygen atoms in total. The van der Waals surface area contributed by atoms with Gasteiger partial charge in [-0.15, -0.1) is 11.3 Å². The van der Waals surface area contributed by atoms with E-state index in [9.17, 15) is 9.59 Å². The van der Waals surface area contributed by atoms with Gasteiger partial charge in [0, 0.05) is 16.6 Å². The number of anilines is 1. The van der Waals surface area contributed by atoms with Crippen LogP contribution in [0, 0.1) is 6.92 Å². The fourth-order valence-corrected chi connectivity index (χ4v) is 5.64. The van der Waals surface area contributed by atoms with Gasteiger partial charge in [0.1, 0.15) is 10.9 Å². The fourth-order valence-electron chi connectivity index (χ4n) is 4.74. The topological polar surface area (TPSA) is 64.0 Å². The molecule has 1 aliphatic rings. The number of aromatic nitrogens is 2. The summed E-state index contributed by atoms with van der Waals surface area (Å²) in [6, 6.07) is 13.6. The SMILES string of the molecule is CCC(C(=O)Nc1cccc(C)c1)n1cnc2scc(-c3ccc4c(c3)CCCC4)c2c1=O. The van der Waals surface area contributed by atoms with Crippen molar-refractivity contribution in [3.63, 3.8) is 0 Å². The number of rotatable bonds is 5. The molecule has 0 spiro atoms. The first-order valence-electron chi connectivity index (χ1n) is 11.5. The molecule has 33 heavy (non-hydrogen) atoms. The average Bonchev–Trinajstić information content (AvgIpc) is 3.26. The molecule has 0 bridgehead atoms. The van der Waals surface area contributed by atoms with Crippen LogP contribution in [0.1, 0.15) is 48.9 Å². The van der Waals surface area contributed by atoms with Crippen LogP contribution in [0.2, 0.25) is 0 Å². The van der Waals surface area contributed by atoms with Crippen LogP contribution < -0.4 is 10.9 Å². The Bertz CT molecular complexity index is 1400. The second-order valence-corrected chi connectivity index (χ2v) is 9.62. The zero-order chi connectivity index (χ0) is 22.9. The third-order valence-electron chi connectivity index (χ3n) is 6.49. The number of carbonyl (C=O) groups excluding carboxylic acids is 1. The van der Waals surface area contributed by atoms with E-state index in [0.717, 1.165) is 35.2 Å². The van der Waals surface area contributed by atoms with Gasteiger partial charge >= 0.3 is 0 Å². The molecule has 1 unspecified atom stereocenters. The average molecular weight is 458 g/mol. The highest BCUT2D eigenvalue weighted by molar-refractivity contribution is 7.17. The largest absolute Gasteiger partial charge is 0.324 e. The van der Waals surface area contributed by atoms with Gasteiger partial charge in [-0.1, -0.05) is 37.3 Å². The fraction of sp³-hybridized carbons (Fsp3) is 0.296. The Kier molecular flexibility index (Phi) is 5.85. The molecule has 1 atom stereocenters. The second kappa shape index (κ2) is 8.94. The summed E-state index contributed by atoms with van der Waals surface area (Å²) in [7, 11) is 0. The van der Waals surface area contributed by atoms with Gasteiger partial charge in [-0.25, -0.2) is 4.98 Å². The smallest absolute Gasteiger partial charge is 0.263 e. The highest BCUT2D eigenvalue weighted by atomic mass is 32.1. The number of fused-ring (bicyclic) bond motifs is 2. The summed E-state index contributed by atoms with van der Waals surface area (Å²) in [5, 5.41) is 5.57. The van der Waals surface area contributed by atoms with Crippen LogP contribution in [0.3, 0.4) is 0 Å². The van der Waals surface area contributed by atoms with Gasteiger partial charge in [-0.3, -0.25) is 14.2 Å². The maximum absolute atomic E-state index is 13.6. The van der Waals surface area contributed by atoms with Crippen LogP contribution in [0.15, 0.2) is 59.0 Å². The number of thiophene rings is 1. The van der Waals surface area contributed by atoms with Crippen molar-refractivity contribution in [1.29, 1.82) is 0 Å². The van der Waals surface area contributed by atoms with Gasteiger partial charge in [0.15, 0.2) is 0 Å². The van der Waals surface area contributed by atoms with E-state index in [-0.39, 0.29) is 11.5 Å². The summed E-state index contributed by atoms with van der Waals surface area (Å²) in [5.41, 5.74) is 6.38. The Morgan fingerprint density at radius 1 is 1.15 bits per heavy atom. The molecule has 168 valence electrons. The number of hydrogen-bond donors (Lipinski definition) is 1. The highest BCUT2D eigenvalue weighted by Crippen LogP contribution is 2.33. The molecule has 0 fully saturated rings. The first kappa shape index (κ1) is 21.6. The molecule has 1 N–H and O–H groups in total. The number of nitrogens with zero attached hydrogens (tertiary/aromatic N) is 2. The normalized spacial score (nSPS) is 14.1. The van der Waals surface area contributed by atoms with Crippen LogP contribution >= 0.6 is 11.3 Å². The molecule has 6 heteroatoms. The molecule has 0 saturated carbocycles. The predicted octanol–water partition coefficient (Wildman–Crippen LogP) is 5.90. The molecular weight excluding hydrogens is 430 g/mol. The van der Waals surface area contributed by atoms with Crippen molar-refractivity contribution >= 4 is 33.1 Å². The van der Waals surface area contributed by atoms with E-state index in [2.05, 4.69) is 28.5 Å². The van der Waals surface area contributed by atoms with Gasteiger partial charge in [-0.05, 0) is 73.4 Å².